The van der Waals surface area contributed by atoms with Crippen LogP contribution in [0.4, 0.5) is 0 Å². The molecule has 0 bridgehead atoms. The zero-order valence-electron chi connectivity index (χ0n) is 29.8. The van der Waals surface area contributed by atoms with Gasteiger partial charge in [0.15, 0.2) is 5.82 Å². The van der Waals surface area contributed by atoms with Gasteiger partial charge in [0.05, 0.1) is 11.4 Å². The number of thiophene rings is 1. The number of aromatic nitrogens is 2. The highest BCUT2D eigenvalue weighted by Crippen LogP contribution is 2.41. The number of fused-ring (bicyclic) bond motifs is 7. The predicted molar refractivity (Wildman–Crippen MR) is 235 cm³/mol. The molecule has 256 valence electrons. The van der Waals surface area contributed by atoms with E-state index in [-0.39, 0.29) is 0 Å². The van der Waals surface area contributed by atoms with Gasteiger partial charge < -0.3 is 0 Å². The lowest BCUT2D eigenvalue weighted by Crippen LogP contribution is -1.97. The minimum absolute atomic E-state index is 0.700. The minimum atomic E-state index is 0.700. The van der Waals surface area contributed by atoms with Crippen LogP contribution in [0.15, 0.2) is 194 Å². The van der Waals surface area contributed by atoms with E-state index in [9.17, 15) is 0 Å². The van der Waals surface area contributed by atoms with E-state index in [2.05, 4.69) is 194 Å². The Balaban J connectivity index is 1.10. The zero-order chi connectivity index (χ0) is 36.3. The topological polar surface area (TPSA) is 25.8 Å². The van der Waals surface area contributed by atoms with Crippen molar-refractivity contribution in [3.05, 3.63) is 194 Å². The molecule has 11 aromatic rings. The van der Waals surface area contributed by atoms with E-state index < -0.39 is 0 Å². The molecule has 0 radical (unpaired) electrons. The van der Waals surface area contributed by atoms with Crippen molar-refractivity contribution in [3.63, 3.8) is 0 Å². The van der Waals surface area contributed by atoms with Crippen LogP contribution in [0.3, 0.4) is 0 Å². The summed E-state index contributed by atoms with van der Waals surface area (Å²) in [5, 5.41) is 10.0. The monoisotopic (exact) mass is 716 g/mol. The quantitative estimate of drug-likeness (QED) is 0.131. The second-order valence-electron chi connectivity index (χ2n) is 14.1. The average molecular weight is 717 g/mol. The third-order valence-corrected chi connectivity index (χ3v) is 12.0. The predicted octanol–water partition coefficient (Wildman–Crippen LogP) is 14.6. The smallest absolute Gasteiger partial charge is 0.160 e. The molecule has 0 amide bonds. The van der Waals surface area contributed by atoms with Gasteiger partial charge in [-0.25, -0.2) is 9.97 Å². The molecular weight excluding hydrogens is 685 g/mol. The Kier molecular flexibility index (Phi) is 7.39. The molecule has 0 N–H and O–H groups in total. The fraction of sp³-hybridized carbons (Fsp3) is 0. The number of rotatable bonds is 5. The van der Waals surface area contributed by atoms with Crippen molar-refractivity contribution in [3.8, 4) is 56.2 Å². The number of hydrogen-bond donors (Lipinski definition) is 0. The normalized spacial score (nSPS) is 11.6. The van der Waals surface area contributed by atoms with Gasteiger partial charge in [0.2, 0.25) is 0 Å². The van der Waals surface area contributed by atoms with Crippen molar-refractivity contribution >= 4 is 63.8 Å². The van der Waals surface area contributed by atoms with E-state index in [0.717, 1.165) is 39.2 Å². The molecule has 55 heavy (non-hydrogen) atoms. The van der Waals surface area contributed by atoms with Crippen LogP contribution in [0, 0.1) is 0 Å². The van der Waals surface area contributed by atoms with E-state index in [0.29, 0.717) is 5.82 Å². The van der Waals surface area contributed by atoms with Gasteiger partial charge >= 0.3 is 0 Å². The Morgan fingerprint density at radius 1 is 0.309 bits per heavy atom. The molecule has 9 aromatic carbocycles. The lowest BCUT2D eigenvalue weighted by molar-refractivity contribution is 1.18. The molecule has 0 atom stereocenters. The van der Waals surface area contributed by atoms with Crippen molar-refractivity contribution in [1.82, 2.24) is 9.97 Å². The largest absolute Gasteiger partial charge is 0.228 e. The molecule has 3 heteroatoms. The van der Waals surface area contributed by atoms with Crippen LogP contribution in [0.1, 0.15) is 0 Å². The molecule has 0 unspecified atom stereocenters. The van der Waals surface area contributed by atoms with Gasteiger partial charge in [-0.3, -0.25) is 0 Å². The lowest BCUT2D eigenvalue weighted by Gasteiger charge is -2.15. The van der Waals surface area contributed by atoms with E-state index in [1.807, 2.05) is 11.3 Å². The van der Waals surface area contributed by atoms with E-state index in [1.165, 1.54) is 63.6 Å². The Labute approximate surface area is 322 Å². The first kappa shape index (κ1) is 31.6. The fourth-order valence-corrected chi connectivity index (χ4v) is 9.33. The molecule has 0 fully saturated rings. The highest BCUT2D eigenvalue weighted by molar-refractivity contribution is 7.25. The van der Waals surface area contributed by atoms with Crippen LogP contribution in [0.2, 0.25) is 0 Å². The van der Waals surface area contributed by atoms with E-state index in [1.54, 1.807) is 0 Å². The molecule has 0 saturated carbocycles. The molecule has 11 rings (SSSR count). The summed E-state index contributed by atoms with van der Waals surface area (Å²) in [5.74, 6) is 0.700. The first-order valence-corrected chi connectivity index (χ1v) is 19.5. The first-order valence-electron chi connectivity index (χ1n) is 18.6. The summed E-state index contributed by atoms with van der Waals surface area (Å²) in [6.45, 7) is 0. The van der Waals surface area contributed by atoms with Gasteiger partial charge in [0.25, 0.3) is 0 Å². The van der Waals surface area contributed by atoms with Crippen LogP contribution in [0.5, 0.6) is 0 Å². The first-order chi connectivity index (χ1) is 27.2. The van der Waals surface area contributed by atoms with Gasteiger partial charge in [-0.05, 0) is 84.9 Å². The van der Waals surface area contributed by atoms with Crippen molar-refractivity contribution in [2.45, 2.75) is 0 Å². The third-order valence-electron chi connectivity index (χ3n) is 10.9. The molecule has 0 aliphatic heterocycles. The maximum absolute atomic E-state index is 5.32. The number of nitrogens with zero attached hydrogens (tertiary/aromatic N) is 2. The molecule has 0 aliphatic rings. The summed E-state index contributed by atoms with van der Waals surface area (Å²) in [6.07, 6.45) is 0. The highest BCUT2D eigenvalue weighted by atomic mass is 32.1. The van der Waals surface area contributed by atoms with Crippen molar-refractivity contribution in [2.75, 3.05) is 0 Å². The molecule has 0 aliphatic carbocycles. The second-order valence-corrected chi connectivity index (χ2v) is 15.2. The third kappa shape index (κ3) is 5.40. The van der Waals surface area contributed by atoms with E-state index in [4.69, 9.17) is 9.97 Å². The van der Waals surface area contributed by atoms with Crippen LogP contribution in [0.25, 0.3) is 109 Å². The average Bonchev–Trinajstić information content (AvgIpc) is 3.64. The van der Waals surface area contributed by atoms with Gasteiger partial charge in [0, 0.05) is 36.9 Å². The molecule has 2 aromatic heterocycles. The molecular formula is C52H32N2S. The Morgan fingerprint density at radius 2 is 0.945 bits per heavy atom. The summed E-state index contributed by atoms with van der Waals surface area (Å²) in [5.41, 5.74) is 9.63. The fourth-order valence-electron chi connectivity index (χ4n) is 8.24. The SMILES string of the molecule is c1ccc(-c2ccccc2-c2cc(-c3ccc4sc5ccccc5c4c3)nc(-c3ccc(-c4c5ccccc5cc5c4ccc4ccccc45)cc3)n2)cc1. The Morgan fingerprint density at radius 3 is 1.80 bits per heavy atom. The second kappa shape index (κ2) is 12.9. The van der Waals surface area contributed by atoms with Crippen LogP contribution in [-0.2, 0) is 0 Å². The van der Waals surface area contributed by atoms with Gasteiger partial charge in [0.1, 0.15) is 0 Å². The summed E-state index contributed by atoms with van der Waals surface area (Å²) >= 11 is 1.83. The standard InChI is InChI=1S/C52H32N2S/c1-2-12-33(13-3-1)39-16-8-9-19-42(39)48-32-47(38-27-29-50-46(31-38)43-20-10-11-21-49(43)55-50)53-52(54-48)36-24-22-35(23-25-36)51-41-18-7-5-15-37(41)30-45-40-17-6-4-14-34(40)26-28-44(45)51/h1-32H. The van der Waals surface area contributed by atoms with Gasteiger partial charge in [-0.1, -0.05) is 164 Å². The van der Waals surface area contributed by atoms with Crippen molar-refractivity contribution < 1.29 is 0 Å². The minimum Gasteiger partial charge on any atom is -0.228 e. The van der Waals surface area contributed by atoms with Crippen molar-refractivity contribution in [1.29, 1.82) is 0 Å². The summed E-state index contributed by atoms with van der Waals surface area (Å²) in [4.78, 5) is 10.6. The maximum Gasteiger partial charge on any atom is 0.160 e. The van der Waals surface area contributed by atoms with E-state index >= 15 is 0 Å². The Bertz CT molecular complexity index is 3250. The highest BCUT2D eigenvalue weighted by Gasteiger charge is 2.17. The molecule has 0 saturated heterocycles. The molecule has 2 nitrogen and oxygen atoms in total. The summed E-state index contributed by atoms with van der Waals surface area (Å²) in [6, 6.07) is 69.8. The van der Waals surface area contributed by atoms with Crippen LogP contribution < -0.4 is 0 Å². The number of benzene rings is 9. The van der Waals surface area contributed by atoms with Crippen LogP contribution in [-0.4, -0.2) is 9.97 Å². The van der Waals surface area contributed by atoms with Crippen molar-refractivity contribution in [2.24, 2.45) is 0 Å². The Hall–Kier alpha value is -6.94. The van der Waals surface area contributed by atoms with Crippen LogP contribution >= 0.6 is 11.3 Å². The summed E-state index contributed by atoms with van der Waals surface area (Å²) < 4.78 is 2.57. The maximum atomic E-state index is 5.32. The van der Waals surface area contributed by atoms with Gasteiger partial charge in [-0.15, -0.1) is 11.3 Å². The summed E-state index contributed by atoms with van der Waals surface area (Å²) in [7, 11) is 0. The lowest BCUT2D eigenvalue weighted by atomic mass is 9.89. The molecule has 0 spiro atoms. The zero-order valence-corrected chi connectivity index (χ0v) is 30.6. The van der Waals surface area contributed by atoms with Gasteiger partial charge in [-0.2, -0.15) is 0 Å². The number of hydrogen-bond acceptors (Lipinski definition) is 3. The molecule has 2 heterocycles.